The van der Waals surface area contributed by atoms with Gasteiger partial charge in [-0.3, -0.25) is 14.9 Å². The number of hydrogen-bond acceptors (Lipinski definition) is 4. The van der Waals surface area contributed by atoms with E-state index in [9.17, 15) is 14.9 Å². The van der Waals surface area contributed by atoms with Crippen LogP contribution in [0.5, 0.6) is 0 Å². The minimum atomic E-state index is -0.680. The molecule has 7 heteroatoms. The van der Waals surface area contributed by atoms with Crippen LogP contribution in [0.2, 0.25) is 5.15 Å². The number of hydrogen-bond donors (Lipinski definition) is 1. The van der Waals surface area contributed by atoms with Gasteiger partial charge in [-0.05, 0) is 24.8 Å². The van der Waals surface area contributed by atoms with Gasteiger partial charge in [-0.2, -0.15) is 0 Å². The highest BCUT2D eigenvalue weighted by molar-refractivity contribution is 6.32. The quantitative estimate of drug-likeness (QED) is 0.511. The number of amides is 1. The summed E-state index contributed by atoms with van der Waals surface area (Å²) < 4.78 is 0. The van der Waals surface area contributed by atoms with Gasteiger partial charge in [0.15, 0.2) is 0 Å². The van der Waals surface area contributed by atoms with Crippen molar-refractivity contribution >= 4 is 23.2 Å². The smallest absolute Gasteiger partial charge is 0.319 e. The Kier molecular flexibility index (Phi) is 3.99. The Morgan fingerprint density at radius 1 is 1.68 bits per heavy atom. The Bertz CT molecular complexity index is 521. The third-order valence-corrected chi connectivity index (χ3v) is 3.48. The van der Waals surface area contributed by atoms with Gasteiger partial charge in [0, 0.05) is 12.2 Å². The van der Waals surface area contributed by atoms with Crippen molar-refractivity contribution in [2.24, 2.45) is 5.92 Å². The molecule has 1 aromatic heterocycles. The van der Waals surface area contributed by atoms with Gasteiger partial charge in [0.2, 0.25) is 5.15 Å². The molecule has 2 unspecified atom stereocenters. The van der Waals surface area contributed by atoms with Crippen LogP contribution < -0.4 is 5.32 Å². The summed E-state index contributed by atoms with van der Waals surface area (Å²) in [5.41, 5.74) is -0.471. The maximum Gasteiger partial charge on any atom is 0.319 e. The molecule has 19 heavy (non-hydrogen) atoms. The van der Waals surface area contributed by atoms with Crippen LogP contribution in [0.25, 0.3) is 0 Å². The van der Waals surface area contributed by atoms with Crippen LogP contribution in [-0.4, -0.2) is 21.9 Å². The standard InChI is InChI=1S/C12H14ClN3O3/c1-2-3-7-6-9(7)15-12(17)8-4-5-14-11(13)10(8)16(18)19/h4-5,7,9H,2-3,6H2,1H3,(H,15,17). The van der Waals surface area contributed by atoms with Crippen molar-refractivity contribution in [1.29, 1.82) is 0 Å². The summed E-state index contributed by atoms with van der Waals surface area (Å²) in [7, 11) is 0. The lowest BCUT2D eigenvalue weighted by Gasteiger charge is -2.05. The van der Waals surface area contributed by atoms with Crippen LogP contribution in [0.4, 0.5) is 5.69 Å². The highest BCUT2D eigenvalue weighted by Gasteiger charge is 2.38. The fourth-order valence-corrected chi connectivity index (χ4v) is 2.37. The van der Waals surface area contributed by atoms with E-state index in [2.05, 4.69) is 17.2 Å². The van der Waals surface area contributed by atoms with Crippen molar-refractivity contribution in [1.82, 2.24) is 10.3 Å². The fraction of sp³-hybridized carbons (Fsp3) is 0.500. The Hall–Kier alpha value is -1.69. The molecule has 0 aromatic carbocycles. The molecular formula is C12H14ClN3O3. The summed E-state index contributed by atoms with van der Waals surface area (Å²) in [5, 5.41) is 13.4. The molecule has 0 radical (unpaired) electrons. The number of halogens is 1. The molecule has 1 amide bonds. The van der Waals surface area contributed by atoms with Gasteiger partial charge in [-0.25, -0.2) is 4.98 Å². The van der Waals surface area contributed by atoms with E-state index in [1.165, 1.54) is 12.3 Å². The van der Waals surface area contributed by atoms with Gasteiger partial charge in [0.05, 0.1) is 4.92 Å². The number of carbonyl (C=O) groups is 1. The number of nitrogens with zero attached hydrogens (tertiary/aromatic N) is 2. The summed E-state index contributed by atoms with van der Waals surface area (Å²) in [5.74, 6) is 0.0323. The molecule has 6 nitrogen and oxygen atoms in total. The average Bonchev–Trinajstić information content (AvgIpc) is 3.06. The molecule has 0 bridgehead atoms. The summed E-state index contributed by atoms with van der Waals surface area (Å²) in [6, 6.07) is 1.44. The van der Waals surface area contributed by atoms with Crippen molar-refractivity contribution in [2.45, 2.75) is 32.2 Å². The van der Waals surface area contributed by atoms with E-state index >= 15 is 0 Å². The molecule has 0 spiro atoms. The van der Waals surface area contributed by atoms with Crippen LogP contribution in [0.3, 0.4) is 0 Å². The molecule has 2 atom stereocenters. The van der Waals surface area contributed by atoms with Crippen LogP contribution in [0.15, 0.2) is 12.3 Å². The lowest BCUT2D eigenvalue weighted by molar-refractivity contribution is -0.385. The minimum Gasteiger partial charge on any atom is -0.349 e. The Morgan fingerprint density at radius 2 is 2.42 bits per heavy atom. The number of carbonyl (C=O) groups excluding carboxylic acids is 1. The monoisotopic (exact) mass is 283 g/mol. The first-order valence-electron chi connectivity index (χ1n) is 6.14. The molecular weight excluding hydrogens is 270 g/mol. The highest BCUT2D eigenvalue weighted by Crippen LogP contribution is 2.35. The summed E-state index contributed by atoms with van der Waals surface area (Å²) in [4.78, 5) is 25.9. The molecule has 0 aliphatic heterocycles. The normalized spacial score (nSPS) is 20.9. The van der Waals surface area contributed by atoms with E-state index in [4.69, 9.17) is 11.6 Å². The molecule has 1 aromatic rings. The van der Waals surface area contributed by atoms with Crippen molar-refractivity contribution < 1.29 is 9.72 Å². The Labute approximate surface area is 115 Å². The summed E-state index contributed by atoms with van der Waals surface area (Å²) in [6.45, 7) is 2.09. The lowest BCUT2D eigenvalue weighted by Crippen LogP contribution is -2.27. The molecule has 0 saturated heterocycles. The lowest BCUT2D eigenvalue weighted by atomic mass is 10.2. The number of aromatic nitrogens is 1. The van der Waals surface area contributed by atoms with Crippen LogP contribution in [0.1, 0.15) is 36.5 Å². The first kappa shape index (κ1) is 13.7. The largest absolute Gasteiger partial charge is 0.349 e. The van der Waals surface area contributed by atoms with Gasteiger partial charge in [0.1, 0.15) is 5.56 Å². The van der Waals surface area contributed by atoms with Gasteiger partial charge in [-0.15, -0.1) is 0 Å². The Balaban J connectivity index is 2.12. The molecule has 1 N–H and O–H groups in total. The maximum atomic E-state index is 12.0. The molecule has 1 aliphatic rings. The topological polar surface area (TPSA) is 85.1 Å². The first-order chi connectivity index (χ1) is 9.04. The zero-order chi connectivity index (χ0) is 14.0. The molecule has 102 valence electrons. The van der Waals surface area contributed by atoms with Gasteiger partial charge >= 0.3 is 5.69 Å². The first-order valence-corrected chi connectivity index (χ1v) is 6.52. The van der Waals surface area contributed by atoms with E-state index < -0.39 is 16.5 Å². The number of rotatable bonds is 5. The third kappa shape index (κ3) is 3.01. The predicted octanol–water partition coefficient (Wildman–Crippen LogP) is 2.56. The van der Waals surface area contributed by atoms with Gasteiger partial charge in [-0.1, -0.05) is 24.9 Å². The van der Waals surface area contributed by atoms with Crippen molar-refractivity contribution in [3.8, 4) is 0 Å². The summed E-state index contributed by atoms with van der Waals surface area (Å²) >= 11 is 5.67. The SMILES string of the molecule is CCCC1CC1NC(=O)c1ccnc(Cl)c1[N+](=O)[O-]. The molecule has 1 heterocycles. The second-order valence-corrected chi connectivity index (χ2v) is 4.98. The second kappa shape index (κ2) is 5.52. The molecule has 1 aliphatic carbocycles. The number of nitrogens with one attached hydrogen (secondary N) is 1. The fourth-order valence-electron chi connectivity index (χ4n) is 2.15. The Morgan fingerprint density at radius 3 is 3.05 bits per heavy atom. The van der Waals surface area contributed by atoms with Crippen LogP contribution in [0, 0.1) is 16.0 Å². The number of nitro groups is 1. The zero-order valence-electron chi connectivity index (χ0n) is 10.4. The molecule has 1 saturated carbocycles. The van der Waals surface area contributed by atoms with Crippen molar-refractivity contribution in [3.63, 3.8) is 0 Å². The zero-order valence-corrected chi connectivity index (χ0v) is 11.2. The van der Waals surface area contributed by atoms with Crippen LogP contribution in [-0.2, 0) is 0 Å². The predicted molar refractivity (Wildman–Crippen MR) is 70.2 cm³/mol. The van der Waals surface area contributed by atoms with Crippen LogP contribution >= 0.6 is 11.6 Å². The minimum absolute atomic E-state index is 0.0350. The van der Waals surface area contributed by atoms with E-state index in [0.717, 1.165) is 19.3 Å². The molecule has 2 rings (SSSR count). The van der Waals surface area contributed by atoms with Crippen molar-refractivity contribution in [3.05, 3.63) is 33.1 Å². The highest BCUT2D eigenvalue weighted by atomic mass is 35.5. The third-order valence-electron chi connectivity index (χ3n) is 3.21. The maximum absolute atomic E-state index is 12.0. The number of pyridine rings is 1. The van der Waals surface area contributed by atoms with E-state index in [0.29, 0.717) is 5.92 Å². The van der Waals surface area contributed by atoms with E-state index in [-0.39, 0.29) is 16.8 Å². The van der Waals surface area contributed by atoms with Crippen molar-refractivity contribution in [2.75, 3.05) is 0 Å². The summed E-state index contributed by atoms with van der Waals surface area (Å²) in [6.07, 6.45) is 4.36. The van der Waals surface area contributed by atoms with E-state index in [1.807, 2.05) is 0 Å². The average molecular weight is 284 g/mol. The second-order valence-electron chi connectivity index (χ2n) is 4.62. The molecule has 1 fully saturated rings. The van der Waals surface area contributed by atoms with E-state index in [1.54, 1.807) is 0 Å². The van der Waals surface area contributed by atoms with Gasteiger partial charge in [0.25, 0.3) is 5.91 Å². The van der Waals surface area contributed by atoms with Gasteiger partial charge < -0.3 is 5.32 Å².